The number of benzene rings is 2. The Labute approximate surface area is 193 Å². The van der Waals surface area contributed by atoms with Crippen LogP contribution in [0.2, 0.25) is 5.02 Å². The SMILES string of the molecule is CC1SC(c2ccccc2O)N(Nc2nc(-c3ccc(Cl)cc3)c(C#N)c(=O)n2C)C1=O. The van der Waals surface area contributed by atoms with Gasteiger partial charge in [-0.1, -0.05) is 41.9 Å². The van der Waals surface area contributed by atoms with Gasteiger partial charge in [0.15, 0.2) is 0 Å². The van der Waals surface area contributed by atoms with E-state index >= 15 is 0 Å². The molecule has 0 saturated carbocycles. The number of anilines is 1. The molecular weight excluding hydrogens is 450 g/mol. The summed E-state index contributed by atoms with van der Waals surface area (Å²) in [6.45, 7) is 1.77. The number of hydrogen-bond donors (Lipinski definition) is 2. The molecule has 1 fully saturated rings. The average molecular weight is 468 g/mol. The number of aromatic nitrogens is 2. The Morgan fingerprint density at radius 1 is 1.19 bits per heavy atom. The zero-order valence-electron chi connectivity index (χ0n) is 17.1. The molecule has 2 N–H and O–H groups in total. The second kappa shape index (κ2) is 8.57. The molecule has 2 unspecified atom stereocenters. The van der Waals surface area contributed by atoms with Crippen LogP contribution < -0.4 is 11.0 Å². The lowest BCUT2D eigenvalue weighted by Crippen LogP contribution is -2.38. The predicted molar refractivity (Wildman–Crippen MR) is 123 cm³/mol. The number of amides is 1. The molecule has 10 heteroatoms. The van der Waals surface area contributed by atoms with Crippen molar-refractivity contribution < 1.29 is 9.90 Å². The standard InChI is InChI=1S/C22H18ClN5O3S/c1-12-19(30)28(21(32-12)15-5-3-4-6-17(15)29)26-22-25-18(13-7-9-14(23)10-8-13)16(11-24)20(31)27(22)2/h3-10,12,21,29H,1-2H3,(H,25,26). The third kappa shape index (κ3) is 3.79. The lowest BCUT2D eigenvalue weighted by atomic mass is 10.1. The molecule has 1 amide bonds. The van der Waals surface area contributed by atoms with Gasteiger partial charge < -0.3 is 5.11 Å². The van der Waals surface area contributed by atoms with Crippen LogP contribution in [0.1, 0.15) is 23.4 Å². The summed E-state index contributed by atoms with van der Waals surface area (Å²) in [5.41, 5.74) is 3.55. The van der Waals surface area contributed by atoms with E-state index in [0.29, 0.717) is 16.1 Å². The van der Waals surface area contributed by atoms with Crippen LogP contribution in [0.5, 0.6) is 5.75 Å². The molecule has 1 aromatic heterocycles. The summed E-state index contributed by atoms with van der Waals surface area (Å²) in [7, 11) is 1.47. The number of para-hydroxylation sites is 1. The average Bonchev–Trinajstić information content (AvgIpc) is 3.06. The number of nitrogens with zero attached hydrogens (tertiary/aromatic N) is 4. The highest BCUT2D eigenvalue weighted by Crippen LogP contribution is 2.45. The van der Waals surface area contributed by atoms with E-state index in [1.54, 1.807) is 55.5 Å². The Hall–Kier alpha value is -3.48. The van der Waals surface area contributed by atoms with E-state index in [0.717, 1.165) is 0 Å². The summed E-state index contributed by atoms with van der Waals surface area (Å²) in [5, 5.41) is 20.8. The van der Waals surface area contributed by atoms with Crippen LogP contribution in [0.15, 0.2) is 53.3 Å². The first kappa shape index (κ1) is 21.7. The number of rotatable bonds is 4. The molecule has 2 heterocycles. The maximum atomic E-state index is 12.9. The molecule has 2 atom stereocenters. The zero-order valence-corrected chi connectivity index (χ0v) is 18.7. The molecule has 162 valence electrons. The van der Waals surface area contributed by atoms with Crippen molar-refractivity contribution >= 4 is 35.2 Å². The van der Waals surface area contributed by atoms with Crippen molar-refractivity contribution in [2.75, 3.05) is 5.43 Å². The minimum Gasteiger partial charge on any atom is -0.508 e. The molecule has 3 aromatic rings. The van der Waals surface area contributed by atoms with E-state index in [9.17, 15) is 20.0 Å². The second-order valence-corrected chi connectivity index (χ2v) is 9.01. The molecular formula is C22H18ClN5O3S. The lowest BCUT2D eigenvalue weighted by Gasteiger charge is -2.26. The fraction of sp³-hybridized carbons (Fsp3) is 0.182. The van der Waals surface area contributed by atoms with Gasteiger partial charge in [0.25, 0.3) is 11.5 Å². The zero-order chi connectivity index (χ0) is 23.0. The molecule has 0 radical (unpaired) electrons. The topological polar surface area (TPSA) is 111 Å². The number of nitrogens with one attached hydrogen (secondary N) is 1. The van der Waals surface area contributed by atoms with Crippen molar-refractivity contribution in [1.29, 1.82) is 5.26 Å². The van der Waals surface area contributed by atoms with Crippen molar-refractivity contribution in [3.05, 3.63) is 75.0 Å². The number of phenols is 1. The molecule has 1 aliphatic rings. The number of halogens is 1. The Bertz CT molecular complexity index is 1300. The number of carbonyl (C=O) groups is 1. The maximum absolute atomic E-state index is 12.9. The van der Waals surface area contributed by atoms with Crippen molar-refractivity contribution in [3.8, 4) is 23.1 Å². The molecule has 32 heavy (non-hydrogen) atoms. The monoisotopic (exact) mass is 467 g/mol. The minimum atomic E-state index is -0.554. The number of nitriles is 1. The summed E-state index contributed by atoms with van der Waals surface area (Å²) in [5.74, 6) is -0.0837. The molecule has 8 nitrogen and oxygen atoms in total. The number of aromatic hydroxyl groups is 1. The lowest BCUT2D eigenvalue weighted by molar-refractivity contribution is -0.128. The van der Waals surface area contributed by atoms with E-state index in [4.69, 9.17) is 11.6 Å². The van der Waals surface area contributed by atoms with E-state index < -0.39 is 10.9 Å². The van der Waals surface area contributed by atoms with Crippen molar-refractivity contribution in [1.82, 2.24) is 14.6 Å². The summed E-state index contributed by atoms with van der Waals surface area (Å²) in [6, 6.07) is 15.3. The normalized spacial score (nSPS) is 17.9. The number of hydrogen-bond acceptors (Lipinski definition) is 7. The summed E-state index contributed by atoms with van der Waals surface area (Å²) >= 11 is 7.32. The highest BCUT2D eigenvalue weighted by Gasteiger charge is 2.40. The van der Waals surface area contributed by atoms with Crippen LogP contribution in [-0.2, 0) is 11.8 Å². The Morgan fingerprint density at radius 2 is 1.88 bits per heavy atom. The van der Waals surface area contributed by atoms with E-state index in [1.807, 2.05) is 6.07 Å². The second-order valence-electron chi connectivity index (χ2n) is 7.15. The maximum Gasteiger partial charge on any atom is 0.273 e. The van der Waals surface area contributed by atoms with Gasteiger partial charge in [-0.25, -0.2) is 9.99 Å². The number of thioether (sulfide) groups is 1. The molecule has 2 aromatic carbocycles. The van der Waals surface area contributed by atoms with Gasteiger partial charge in [0.1, 0.15) is 22.8 Å². The smallest absolute Gasteiger partial charge is 0.273 e. The van der Waals surface area contributed by atoms with Crippen molar-refractivity contribution in [2.45, 2.75) is 17.5 Å². The molecule has 1 aliphatic heterocycles. The van der Waals surface area contributed by atoms with Crippen LogP contribution in [0.3, 0.4) is 0 Å². The molecule has 0 bridgehead atoms. The van der Waals surface area contributed by atoms with Gasteiger partial charge in [-0.2, -0.15) is 5.26 Å². The Morgan fingerprint density at radius 3 is 2.53 bits per heavy atom. The Balaban J connectivity index is 1.80. The van der Waals surface area contributed by atoms with Crippen molar-refractivity contribution in [3.63, 3.8) is 0 Å². The van der Waals surface area contributed by atoms with Crippen molar-refractivity contribution in [2.24, 2.45) is 7.05 Å². The summed E-state index contributed by atoms with van der Waals surface area (Å²) in [6.07, 6.45) is 0. The molecule has 1 saturated heterocycles. The van der Waals surface area contributed by atoms with Gasteiger partial charge in [0.05, 0.1) is 10.9 Å². The third-order valence-electron chi connectivity index (χ3n) is 5.10. The summed E-state index contributed by atoms with van der Waals surface area (Å²) in [4.78, 5) is 30.3. The van der Waals surface area contributed by atoms with E-state index in [2.05, 4.69) is 10.4 Å². The highest BCUT2D eigenvalue weighted by atomic mass is 35.5. The van der Waals surface area contributed by atoms with Gasteiger partial charge in [-0.3, -0.25) is 19.6 Å². The van der Waals surface area contributed by atoms with Crippen LogP contribution >= 0.6 is 23.4 Å². The molecule has 0 aliphatic carbocycles. The highest BCUT2D eigenvalue weighted by molar-refractivity contribution is 8.01. The van der Waals surface area contributed by atoms with Gasteiger partial charge in [-0.15, -0.1) is 11.8 Å². The Kier molecular flexibility index (Phi) is 5.82. The van der Waals surface area contributed by atoms with E-state index in [1.165, 1.54) is 28.4 Å². The van der Waals surface area contributed by atoms with Gasteiger partial charge in [-0.05, 0) is 25.1 Å². The first-order chi connectivity index (χ1) is 15.3. The van der Waals surface area contributed by atoms with E-state index in [-0.39, 0.29) is 34.1 Å². The van der Waals surface area contributed by atoms with Gasteiger partial charge in [0, 0.05) is 23.2 Å². The van der Waals surface area contributed by atoms with Crippen LogP contribution in [-0.4, -0.2) is 30.8 Å². The number of hydrazine groups is 1. The quantitative estimate of drug-likeness (QED) is 0.602. The summed E-state index contributed by atoms with van der Waals surface area (Å²) < 4.78 is 1.18. The van der Waals surface area contributed by atoms with Gasteiger partial charge in [0.2, 0.25) is 5.95 Å². The minimum absolute atomic E-state index is 0.0576. The first-order valence-corrected chi connectivity index (χ1v) is 10.9. The molecule has 4 rings (SSSR count). The van der Waals surface area contributed by atoms with Gasteiger partial charge >= 0.3 is 0 Å². The van der Waals surface area contributed by atoms with Crippen LogP contribution in [0.4, 0.5) is 5.95 Å². The third-order valence-corrected chi connectivity index (χ3v) is 6.68. The fourth-order valence-electron chi connectivity index (χ4n) is 3.37. The van der Waals surface area contributed by atoms with Crippen LogP contribution in [0, 0.1) is 11.3 Å². The first-order valence-electron chi connectivity index (χ1n) is 9.62. The number of carbonyl (C=O) groups excluding carboxylic acids is 1. The number of phenolic OH excluding ortho intramolecular Hbond substituents is 1. The fourth-order valence-corrected chi connectivity index (χ4v) is 4.74. The largest absolute Gasteiger partial charge is 0.508 e. The molecule has 0 spiro atoms. The predicted octanol–water partition coefficient (Wildman–Crippen LogP) is 3.67. The van der Waals surface area contributed by atoms with Crippen LogP contribution in [0.25, 0.3) is 11.3 Å².